The Morgan fingerprint density at radius 3 is 2.35 bits per heavy atom. The van der Waals surface area contributed by atoms with E-state index in [1.54, 1.807) is 18.2 Å². The SMILES string of the molecule is O=C(O)C[C@@H](NC(=O)c1cccc(C2(C(F)(F)F)N=N2)c1)c1cccc2ccccc12. The van der Waals surface area contributed by atoms with Crippen LogP contribution in [-0.4, -0.2) is 23.2 Å². The Morgan fingerprint density at radius 1 is 1.00 bits per heavy atom. The Hall–Kier alpha value is -3.75. The minimum atomic E-state index is -4.71. The van der Waals surface area contributed by atoms with E-state index in [0.29, 0.717) is 5.56 Å². The van der Waals surface area contributed by atoms with Gasteiger partial charge in [-0.3, -0.25) is 9.59 Å². The number of carbonyl (C=O) groups is 2. The third-order valence-electron chi connectivity index (χ3n) is 5.11. The van der Waals surface area contributed by atoms with Crippen LogP contribution in [0.5, 0.6) is 0 Å². The lowest BCUT2D eigenvalue weighted by Crippen LogP contribution is -2.32. The maximum Gasteiger partial charge on any atom is 0.442 e. The van der Waals surface area contributed by atoms with E-state index < -0.39 is 36.2 Å². The zero-order chi connectivity index (χ0) is 22.2. The van der Waals surface area contributed by atoms with Crippen LogP contribution in [0.1, 0.15) is 33.9 Å². The number of fused-ring (bicyclic) bond motifs is 1. The molecule has 0 aliphatic carbocycles. The zero-order valence-corrected chi connectivity index (χ0v) is 15.9. The molecule has 1 atom stereocenters. The van der Waals surface area contributed by atoms with Crippen LogP contribution in [-0.2, 0) is 10.5 Å². The molecule has 0 aromatic heterocycles. The fourth-order valence-electron chi connectivity index (χ4n) is 3.53. The molecule has 1 aliphatic heterocycles. The minimum absolute atomic E-state index is 0.0472. The van der Waals surface area contributed by atoms with Gasteiger partial charge in [-0.25, -0.2) is 0 Å². The molecule has 0 saturated heterocycles. The largest absolute Gasteiger partial charge is 0.481 e. The molecule has 0 spiro atoms. The molecule has 158 valence electrons. The van der Waals surface area contributed by atoms with Gasteiger partial charge in [0.1, 0.15) is 0 Å². The molecule has 3 aromatic carbocycles. The Labute approximate surface area is 174 Å². The van der Waals surface area contributed by atoms with Crippen molar-refractivity contribution in [2.24, 2.45) is 10.2 Å². The summed E-state index contributed by atoms with van der Waals surface area (Å²) < 4.78 is 39.9. The van der Waals surface area contributed by atoms with Crippen LogP contribution in [0.2, 0.25) is 0 Å². The summed E-state index contributed by atoms with van der Waals surface area (Å²) >= 11 is 0. The molecule has 31 heavy (non-hydrogen) atoms. The summed E-state index contributed by atoms with van der Waals surface area (Å²) in [6.07, 6.45) is -5.10. The number of hydrogen-bond donors (Lipinski definition) is 2. The average Bonchev–Trinajstić information content (AvgIpc) is 3.55. The van der Waals surface area contributed by atoms with Crippen molar-refractivity contribution in [3.63, 3.8) is 0 Å². The highest BCUT2D eigenvalue weighted by Crippen LogP contribution is 2.52. The summed E-state index contributed by atoms with van der Waals surface area (Å²) in [6.45, 7) is 0. The maximum absolute atomic E-state index is 13.3. The highest BCUT2D eigenvalue weighted by molar-refractivity contribution is 5.95. The van der Waals surface area contributed by atoms with Crippen LogP contribution in [0.25, 0.3) is 10.8 Å². The monoisotopic (exact) mass is 427 g/mol. The lowest BCUT2D eigenvalue weighted by Gasteiger charge is -2.20. The number of alkyl halides is 3. The Bertz CT molecular complexity index is 1200. The number of aliphatic carboxylic acids is 1. The molecule has 6 nitrogen and oxygen atoms in total. The number of nitrogens with one attached hydrogen (secondary N) is 1. The first-order valence-corrected chi connectivity index (χ1v) is 9.33. The lowest BCUT2D eigenvalue weighted by atomic mass is 9.96. The molecule has 1 aliphatic rings. The molecule has 1 heterocycles. The van der Waals surface area contributed by atoms with Crippen molar-refractivity contribution in [3.05, 3.63) is 83.4 Å². The van der Waals surface area contributed by atoms with Crippen LogP contribution in [0, 0.1) is 0 Å². The van der Waals surface area contributed by atoms with Gasteiger partial charge in [0.25, 0.3) is 5.91 Å². The third-order valence-corrected chi connectivity index (χ3v) is 5.11. The number of carbonyl (C=O) groups excluding carboxylic acids is 1. The fourth-order valence-corrected chi connectivity index (χ4v) is 3.53. The van der Waals surface area contributed by atoms with Crippen LogP contribution < -0.4 is 5.32 Å². The first-order chi connectivity index (χ1) is 14.7. The molecule has 0 unspecified atom stereocenters. The second-order valence-electron chi connectivity index (χ2n) is 7.14. The van der Waals surface area contributed by atoms with Crippen molar-refractivity contribution in [2.45, 2.75) is 24.3 Å². The smallest absolute Gasteiger partial charge is 0.442 e. The Kier molecular flexibility index (Phi) is 4.96. The molecular weight excluding hydrogens is 411 g/mol. The highest BCUT2D eigenvalue weighted by atomic mass is 19.4. The van der Waals surface area contributed by atoms with E-state index in [2.05, 4.69) is 15.5 Å². The van der Waals surface area contributed by atoms with Crippen molar-refractivity contribution >= 4 is 22.6 Å². The fraction of sp³-hybridized carbons (Fsp3) is 0.182. The number of carboxylic acid groups (broad SMARTS) is 1. The van der Waals surface area contributed by atoms with Gasteiger partial charge in [0, 0.05) is 11.1 Å². The zero-order valence-electron chi connectivity index (χ0n) is 15.9. The number of nitrogens with zero attached hydrogens (tertiary/aromatic N) is 2. The van der Waals surface area contributed by atoms with E-state index >= 15 is 0 Å². The molecular formula is C22H16F3N3O3. The molecule has 0 bridgehead atoms. The number of benzene rings is 3. The highest BCUT2D eigenvalue weighted by Gasteiger charge is 2.65. The number of amides is 1. The quantitative estimate of drug-likeness (QED) is 0.582. The summed E-state index contributed by atoms with van der Waals surface area (Å²) in [4.78, 5) is 24.3. The normalized spacial score (nSPS) is 15.5. The van der Waals surface area contributed by atoms with Crippen LogP contribution >= 0.6 is 0 Å². The summed E-state index contributed by atoms with van der Waals surface area (Å²) in [5.74, 6) is -1.82. The lowest BCUT2D eigenvalue weighted by molar-refractivity contribution is -0.166. The topological polar surface area (TPSA) is 91.1 Å². The molecule has 0 saturated carbocycles. The maximum atomic E-state index is 13.3. The first-order valence-electron chi connectivity index (χ1n) is 9.33. The summed E-state index contributed by atoms with van der Waals surface area (Å²) in [7, 11) is 0. The van der Waals surface area contributed by atoms with Crippen molar-refractivity contribution in [2.75, 3.05) is 0 Å². The van der Waals surface area contributed by atoms with Gasteiger partial charge < -0.3 is 10.4 Å². The molecule has 0 fully saturated rings. The van der Waals surface area contributed by atoms with Gasteiger partial charge in [-0.15, -0.1) is 10.2 Å². The van der Waals surface area contributed by atoms with Crippen molar-refractivity contribution < 1.29 is 27.9 Å². The van der Waals surface area contributed by atoms with E-state index in [9.17, 15) is 27.9 Å². The van der Waals surface area contributed by atoms with Gasteiger partial charge in [-0.05, 0) is 28.5 Å². The summed E-state index contributed by atoms with van der Waals surface area (Å²) in [5, 5.41) is 19.9. The molecule has 1 amide bonds. The van der Waals surface area contributed by atoms with Gasteiger partial charge in [-0.1, -0.05) is 54.6 Å². The van der Waals surface area contributed by atoms with E-state index in [4.69, 9.17) is 0 Å². The van der Waals surface area contributed by atoms with Crippen molar-refractivity contribution in [1.29, 1.82) is 0 Å². The van der Waals surface area contributed by atoms with E-state index in [-0.39, 0.29) is 11.1 Å². The number of hydrogen-bond acceptors (Lipinski definition) is 4. The minimum Gasteiger partial charge on any atom is -0.481 e. The predicted molar refractivity (Wildman–Crippen MR) is 105 cm³/mol. The van der Waals surface area contributed by atoms with Crippen LogP contribution in [0.3, 0.4) is 0 Å². The van der Waals surface area contributed by atoms with Crippen LogP contribution in [0.15, 0.2) is 77.0 Å². The first kappa shape index (κ1) is 20.5. The summed E-state index contributed by atoms with van der Waals surface area (Å²) in [5.41, 5.74) is -2.36. The van der Waals surface area contributed by atoms with E-state index in [0.717, 1.165) is 16.8 Å². The van der Waals surface area contributed by atoms with Gasteiger partial charge in [0.05, 0.1) is 12.5 Å². The van der Waals surface area contributed by atoms with Gasteiger partial charge in [0.2, 0.25) is 0 Å². The molecule has 9 heteroatoms. The Morgan fingerprint density at radius 2 is 1.68 bits per heavy atom. The van der Waals surface area contributed by atoms with Gasteiger partial charge in [0.15, 0.2) is 0 Å². The number of carboxylic acids is 1. The standard InChI is InChI=1S/C22H16F3N3O3/c23-22(24,25)21(27-28-21)15-8-3-7-14(11-15)20(31)26-18(12-19(29)30)17-10-4-6-13-5-1-2-9-16(13)17/h1-11,18H,12H2,(H,26,31)(H,29,30)/t18-/m1/s1. The second-order valence-corrected chi connectivity index (χ2v) is 7.14. The number of rotatable bonds is 6. The van der Waals surface area contributed by atoms with Gasteiger partial charge >= 0.3 is 17.8 Å². The van der Waals surface area contributed by atoms with Crippen LogP contribution in [0.4, 0.5) is 13.2 Å². The van der Waals surface area contributed by atoms with Crippen molar-refractivity contribution in [1.82, 2.24) is 5.32 Å². The van der Waals surface area contributed by atoms with E-state index in [1.165, 1.54) is 18.2 Å². The van der Waals surface area contributed by atoms with Gasteiger partial charge in [-0.2, -0.15) is 13.2 Å². The van der Waals surface area contributed by atoms with Crippen molar-refractivity contribution in [3.8, 4) is 0 Å². The van der Waals surface area contributed by atoms with E-state index in [1.807, 2.05) is 24.3 Å². The third kappa shape index (κ3) is 3.86. The molecule has 0 radical (unpaired) electrons. The predicted octanol–water partition coefficient (Wildman–Crippen LogP) is 4.97. The second kappa shape index (κ2) is 7.50. The Balaban J connectivity index is 1.65. The number of halogens is 3. The molecule has 4 rings (SSSR count). The average molecular weight is 427 g/mol. The molecule has 3 aromatic rings. The molecule has 2 N–H and O–H groups in total. The summed E-state index contributed by atoms with van der Waals surface area (Å²) in [6, 6.07) is 16.7.